The summed E-state index contributed by atoms with van der Waals surface area (Å²) in [6.07, 6.45) is 2.00. The first-order valence-electron chi connectivity index (χ1n) is 7.06. The van der Waals surface area contributed by atoms with Gasteiger partial charge in [0.1, 0.15) is 11.1 Å². The normalized spacial score (nSPS) is 17.7. The van der Waals surface area contributed by atoms with Crippen LogP contribution in [0.15, 0.2) is 42.6 Å². The SMILES string of the molecule is Cn1cccc1C1SCCN1C(=O)COc1ccc(Cl)cc1. The van der Waals surface area contributed by atoms with E-state index >= 15 is 0 Å². The van der Waals surface area contributed by atoms with Gasteiger partial charge in [0, 0.05) is 30.6 Å². The molecule has 2 heterocycles. The molecule has 1 aromatic carbocycles. The van der Waals surface area contributed by atoms with Gasteiger partial charge < -0.3 is 14.2 Å². The Morgan fingerprint density at radius 3 is 2.82 bits per heavy atom. The third kappa shape index (κ3) is 3.25. The first kappa shape index (κ1) is 15.3. The lowest BCUT2D eigenvalue weighted by Gasteiger charge is -2.24. The Hall–Kier alpha value is -1.59. The van der Waals surface area contributed by atoms with E-state index in [-0.39, 0.29) is 17.9 Å². The zero-order valence-electron chi connectivity index (χ0n) is 12.2. The number of halogens is 1. The summed E-state index contributed by atoms with van der Waals surface area (Å²) in [4.78, 5) is 14.3. The lowest BCUT2D eigenvalue weighted by molar-refractivity contribution is -0.133. The summed E-state index contributed by atoms with van der Waals surface area (Å²) in [6.45, 7) is 0.798. The van der Waals surface area contributed by atoms with Gasteiger partial charge in [0.05, 0.1) is 5.69 Å². The number of ether oxygens (including phenoxy) is 1. The number of rotatable bonds is 4. The number of hydrogen-bond acceptors (Lipinski definition) is 3. The lowest BCUT2D eigenvalue weighted by atomic mass is 10.3. The van der Waals surface area contributed by atoms with Crippen molar-refractivity contribution in [3.05, 3.63) is 53.3 Å². The van der Waals surface area contributed by atoms with Crippen molar-refractivity contribution < 1.29 is 9.53 Å². The van der Waals surface area contributed by atoms with Crippen LogP contribution < -0.4 is 4.74 Å². The predicted octanol–water partition coefficient (Wildman–Crippen LogP) is 3.33. The fraction of sp³-hybridized carbons (Fsp3) is 0.312. The van der Waals surface area contributed by atoms with Crippen LogP contribution in [0.4, 0.5) is 0 Å². The van der Waals surface area contributed by atoms with Crippen molar-refractivity contribution >= 4 is 29.3 Å². The zero-order valence-corrected chi connectivity index (χ0v) is 13.8. The first-order valence-corrected chi connectivity index (χ1v) is 8.48. The van der Waals surface area contributed by atoms with E-state index < -0.39 is 0 Å². The lowest BCUT2D eigenvalue weighted by Crippen LogP contribution is -2.34. The number of amides is 1. The average Bonchev–Trinajstić information content (AvgIpc) is 3.14. The Balaban J connectivity index is 1.64. The van der Waals surface area contributed by atoms with Crippen LogP contribution in [-0.2, 0) is 11.8 Å². The van der Waals surface area contributed by atoms with Gasteiger partial charge in [0.25, 0.3) is 5.91 Å². The molecule has 1 fully saturated rings. The number of carbonyl (C=O) groups is 1. The molecule has 6 heteroatoms. The van der Waals surface area contributed by atoms with Gasteiger partial charge in [-0.1, -0.05) is 11.6 Å². The second-order valence-electron chi connectivity index (χ2n) is 5.10. The smallest absolute Gasteiger partial charge is 0.261 e. The molecule has 22 heavy (non-hydrogen) atoms. The van der Waals surface area contributed by atoms with E-state index in [2.05, 4.69) is 10.6 Å². The fourth-order valence-corrected chi connectivity index (χ4v) is 3.93. The van der Waals surface area contributed by atoms with Crippen LogP contribution in [-0.4, -0.2) is 34.3 Å². The van der Waals surface area contributed by atoms with Crippen molar-refractivity contribution in [2.45, 2.75) is 5.37 Å². The molecule has 4 nitrogen and oxygen atoms in total. The van der Waals surface area contributed by atoms with E-state index in [9.17, 15) is 4.79 Å². The van der Waals surface area contributed by atoms with Crippen molar-refractivity contribution in [3.63, 3.8) is 0 Å². The van der Waals surface area contributed by atoms with E-state index in [4.69, 9.17) is 16.3 Å². The third-order valence-electron chi connectivity index (χ3n) is 3.62. The minimum absolute atomic E-state index is 0.00569. The summed E-state index contributed by atoms with van der Waals surface area (Å²) < 4.78 is 7.62. The molecule has 1 atom stereocenters. The minimum Gasteiger partial charge on any atom is -0.484 e. The monoisotopic (exact) mass is 336 g/mol. The molecule has 1 amide bonds. The van der Waals surface area contributed by atoms with Crippen LogP contribution >= 0.6 is 23.4 Å². The molecule has 0 radical (unpaired) electrons. The highest BCUT2D eigenvalue weighted by Crippen LogP contribution is 2.37. The molecule has 1 aliphatic rings. The van der Waals surface area contributed by atoms with Gasteiger partial charge in [-0.25, -0.2) is 0 Å². The molecular formula is C16H17ClN2O2S. The molecule has 0 aliphatic carbocycles. The van der Waals surface area contributed by atoms with E-state index in [1.807, 2.05) is 24.2 Å². The van der Waals surface area contributed by atoms with Crippen LogP contribution in [0.5, 0.6) is 5.75 Å². The molecule has 3 rings (SSSR count). The minimum atomic E-state index is 0.00569. The molecule has 0 spiro atoms. The summed E-state index contributed by atoms with van der Waals surface area (Å²) in [7, 11) is 2.00. The summed E-state index contributed by atoms with van der Waals surface area (Å²) >= 11 is 7.62. The highest BCUT2D eigenvalue weighted by molar-refractivity contribution is 7.99. The van der Waals surface area contributed by atoms with Crippen molar-refractivity contribution in [1.29, 1.82) is 0 Å². The Kier molecular flexibility index (Phi) is 4.64. The van der Waals surface area contributed by atoms with Crippen LogP contribution in [0.3, 0.4) is 0 Å². The number of carbonyl (C=O) groups excluding carboxylic acids is 1. The predicted molar refractivity (Wildman–Crippen MR) is 89.3 cm³/mol. The Labute approximate surface area is 139 Å². The van der Waals surface area contributed by atoms with Gasteiger partial charge in [-0.3, -0.25) is 4.79 Å². The Morgan fingerprint density at radius 1 is 1.36 bits per heavy atom. The molecule has 1 unspecified atom stereocenters. The second kappa shape index (κ2) is 6.67. The summed E-state index contributed by atoms with van der Waals surface area (Å²) in [5, 5.41) is 0.722. The van der Waals surface area contributed by atoms with Crippen LogP contribution in [0.2, 0.25) is 5.02 Å². The quantitative estimate of drug-likeness (QED) is 0.859. The standard InChI is InChI=1S/C16H17ClN2O2S/c1-18-8-2-3-14(18)16-19(9-10-22-16)15(20)11-21-13-6-4-12(17)5-7-13/h2-8,16H,9-11H2,1H3. The van der Waals surface area contributed by atoms with Crippen LogP contribution in [0, 0.1) is 0 Å². The maximum atomic E-state index is 12.5. The summed E-state index contributed by atoms with van der Waals surface area (Å²) in [5.41, 5.74) is 1.14. The average molecular weight is 337 g/mol. The van der Waals surface area contributed by atoms with E-state index in [0.717, 1.165) is 18.0 Å². The maximum Gasteiger partial charge on any atom is 0.261 e. The van der Waals surface area contributed by atoms with Crippen molar-refractivity contribution in [3.8, 4) is 5.75 Å². The van der Waals surface area contributed by atoms with Gasteiger partial charge in [0.2, 0.25) is 0 Å². The third-order valence-corrected chi connectivity index (χ3v) is 5.11. The van der Waals surface area contributed by atoms with Gasteiger partial charge in [-0.05, 0) is 36.4 Å². The molecule has 1 aromatic heterocycles. The summed E-state index contributed by atoms with van der Waals surface area (Å²) in [6, 6.07) is 11.1. The second-order valence-corrected chi connectivity index (χ2v) is 6.72. The number of benzene rings is 1. The Morgan fingerprint density at radius 2 is 2.14 bits per heavy atom. The van der Waals surface area contributed by atoms with Crippen LogP contribution in [0.1, 0.15) is 11.1 Å². The number of thioether (sulfide) groups is 1. The highest BCUT2D eigenvalue weighted by Gasteiger charge is 2.32. The summed E-state index contributed by atoms with van der Waals surface area (Å²) in [5.74, 6) is 1.61. The van der Waals surface area contributed by atoms with Crippen molar-refractivity contribution in [2.24, 2.45) is 7.05 Å². The highest BCUT2D eigenvalue weighted by atomic mass is 35.5. The van der Waals surface area contributed by atoms with E-state index in [1.54, 1.807) is 36.0 Å². The zero-order chi connectivity index (χ0) is 15.5. The number of aromatic nitrogens is 1. The van der Waals surface area contributed by atoms with E-state index in [0.29, 0.717) is 10.8 Å². The van der Waals surface area contributed by atoms with Gasteiger partial charge in [-0.2, -0.15) is 0 Å². The fourth-order valence-electron chi connectivity index (χ4n) is 2.46. The van der Waals surface area contributed by atoms with Gasteiger partial charge >= 0.3 is 0 Å². The molecule has 0 saturated carbocycles. The van der Waals surface area contributed by atoms with Crippen molar-refractivity contribution in [1.82, 2.24) is 9.47 Å². The van der Waals surface area contributed by atoms with Gasteiger partial charge in [-0.15, -0.1) is 11.8 Å². The molecule has 2 aromatic rings. The first-order chi connectivity index (χ1) is 10.6. The topological polar surface area (TPSA) is 34.5 Å². The maximum absolute atomic E-state index is 12.5. The Bertz CT molecular complexity index is 656. The number of aryl methyl sites for hydroxylation is 1. The number of hydrogen-bond donors (Lipinski definition) is 0. The molecule has 1 saturated heterocycles. The van der Waals surface area contributed by atoms with Crippen LogP contribution in [0.25, 0.3) is 0 Å². The van der Waals surface area contributed by atoms with Gasteiger partial charge in [0.15, 0.2) is 6.61 Å². The van der Waals surface area contributed by atoms with E-state index in [1.165, 1.54) is 0 Å². The molecule has 0 N–H and O–H groups in total. The largest absolute Gasteiger partial charge is 0.484 e. The molecule has 116 valence electrons. The molecular weight excluding hydrogens is 320 g/mol. The number of nitrogens with zero attached hydrogens (tertiary/aromatic N) is 2. The van der Waals surface area contributed by atoms with Crippen molar-refractivity contribution in [2.75, 3.05) is 18.9 Å². The molecule has 0 bridgehead atoms. The molecule has 1 aliphatic heterocycles.